The molecule has 0 aliphatic carbocycles. The summed E-state index contributed by atoms with van der Waals surface area (Å²) in [5.41, 5.74) is 0.650. The van der Waals surface area contributed by atoms with Gasteiger partial charge in [0.05, 0.1) is 5.56 Å². The first-order valence-electron chi connectivity index (χ1n) is 6.91. The van der Waals surface area contributed by atoms with Crippen LogP contribution in [0.4, 0.5) is 0 Å². The third kappa shape index (κ3) is 4.55. The molecule has 1 aromatic rings. The minimum Gasteiger partial charge on any atom is -0.381 e. The van der Waals surface area contributed by atoms with E-state index in [0.29, 0.717) is 5.56 Å². The molecule has 4 heteroatoms. The number of benzene rings is 1. The summed E-state index contributed by atoms with van der Waals surface area (Å²) in [6.45, 7) is 2.52. The van der Waals surface area contributed by atoms with Gasteiger partial charge in [0, 0.05) is 24.7 Å². The molecular formula is C15H21NO2S. The topological polar surface area (TPSA) is 38.3 Å². The highest BCUT2D eigenvalue weighted by Gasteiger charge is 2.13. The van der Waals surface area contributed by atoms with Crippen LogP contribution in [0.25, 0.3) is 0 Å². The Balaban J connectivity index is 1.68. The number of ether oxygens (including phenoxy) is 1. The van der Waals surface area contributed by atoms with Crippen molar-refractivity contribution in [1.29, 1.82) is 0 Å². The first-order chi connectivity index (χ1) is 9.27. The van der Waals surface area contributed by atoms with Crippen molar-refractivity contribution in [3.05, 3.63) is 29.8 Å². The Morgan fingerprint density at radius 2 is 2.05 bits per heavy atom. The highest BCUT2D eigenvalue weighted by atomic mass is 32.1. The Kier molecular flexibility index (Phi) is 5.73. The third-order valence-electron chi connectivity index (χ3n) is 3.56. The standard InChI is InChI=1S/C15H21NO2S/c17-15(13-5-1-2-6-14(13)19)16-9-3-4-12-7-10-18-11-8-12/h1-2,5-6,12,19H,3-4,7-11H2,(H,16,17). The van der Waals surface area contributed by atoms with Gasteiger partial charge in [-0.3, -0.25) is 4.79 Å². The normalized spacial score (nSPS) is 16.3. The van der Waals surface area contributed by atoms with Crippen LogP contribution in [0.1, 0.15) is 36.0 Å². The zero-order chi connectivity index (χ0) is 13.5. The zero-order valence-corrected chi connectivity index (χ0v) is 12.0. The lowest BCUT2D eigenvalue weighted by molar-refractivity contribution is 0.0631. The fourth-order valence-electron chi connectivity index (χ4n) is 2.39. The maximum atomic E-state index is 11.9. The predicted molar refractivity (Wildman–Crippen MR) is 78.8 cm³/mol. The minimum absolute atomic E-state index is 0.0300. The summed E-state index contributed by atoms with van der Waals surface area (Å²) < 4.78 is 5.34. The smallest absolute Gasteiger partial charge is 0.252 e. The van der Waals surface area contributed by atoms with E-state index in [1.165, 1.54) is 6.42 Å². The molecule has 1 aliphatic heterocycles. The van der Waals surface area contributed by atoms with Crippen LogP contribution in [0, 0.1) is 5.92 Å². The van der Waals surface area contributed by atoms with Gasteiger partial charge in [-0.25, -0.2) is 0 Å². The fraction of sp³-hybridized carbons (Fsp3) is 0.533. The monoisotopic (exact) mass is 279 g/mol. The lowest BCUT2D eigenvalue weighted by Gasteiger charge is -2.21. The molecule has 1 aliphatic rings. The van der Waals surface area contributed by atoms with Crippen molar-refractivity contribution in [2.45, 2.75) is 30.6 Å². The Morgan fingerprint density at radius 3 is 2.79 bits per heavy atom. The molecule has 0 radical (unpaired) electrons. The predicted octanol–water partition coefficient (Wildman–Crippen LogP) is 2.91. The van der Waals surface area contributed by atoms with E-state index in [9.17, 15) is 4.79 Å². The second-order valence-corrected chi connectivity index (χ2v) is 5.45. The largest absolute Gasteiger partial charge is 0.381 e. The number of hydrogen-bond acceptors (Lipinski definition) is 3. The quantitative estimate of drug-likeness (QED) is 0.642. The van der Waals surface area contributed by atoms with Crippen LogP contribution < -0.4 is 5.32 Å². The number of amides is 1. The van der Waals surface area contributed by atoms with Crippen molar-refractivity contribution >= 4 is 18.5 Å². The van der Waals surface area contributed by atoms with Gasteiger partial charge >= 0.3 is 0 Å². The van der Waals surface area contributed by atoms with Crippen LogP contribution in [0.3, 0.4) is 0 Å². The molecule has 0 unspecified atom stereocenters. The highest BCUT2D eigenvalue weighted by molar-refractivity contribution is 7.80. The van der Waals surface area contributed by atoms with E-state index >= 15 is 0 Å². The summed E-state index contributed by atoms with van der Waals surface area (Å²) in [6.07, 6.45) is 4.53. The van der Waals surface area contributed by atoms with Gasteiger partial charge in [-0.2, -0.15) is 0 Å². The van der Waals surface area contributed by atoms with Gasteiger partial charge < -0.3 is 10.1 Å². The lowest BCUT2D eigenvalue weighted by atomic mass is 9.95. The van der Waals surface area contributed by atoms with E-state index in [2.05, 4.69) is 17.9 Å². The highest BCUT2D eigenvalue weighted by Crippen LogP contribution is 2.19. The summed E-state index contributed by atoms with van der Waals surface area (Å²) in [7, 11) is 0. The molecule has 19 heavy (non-hydrogen) atoms. The molecule has 1 amide bonds. The molecule has 3 nitrogen and oxygen atoms in total. The van der Waals surface area contributed by atoms with Gasteiger partial charge in [0.1, 0.15) is 0 Å². The lowest BCUT2D eigenvalue weighted by Crippen LogP contribution is -2.25. The zero-order valence-electron chi connectivity index (χ0n) is 11.1. The molecule has 1 aromatic carbocycles. The summed E-state index contributed by atoms with van der Waals surface area (Å²) in [5.74, 6) is 0.736. The van der Waals surface area contributed by atoms with Crippen LogP contribution in [0.2, 0.25) is 0 Å². The minimum atomic E-state index is -0.0300. The number of hydrogen-bond donors (Lipinski definition) is 2. The van der Waals surface area contributed by atoms with E-state index in [1.54, 1.807) is 6.07 Å². The van der Waals surface area contributed by atoms with Gasteiger partial charge in [0.2, 0.25) is 0 Å². The van der Waals surface area contributed by atoms with Crippen molar-refractivity contribution in [1.82, 2.24) is 5.32 Å². The average Bonchev–Trinajstić information content (AvgIpc) is 2.45. The first kappa shape index (κ1) is 14.4. The molecular weight excluding hydrogens is 258 g/mol. The summed E-state index contributed by atoms with van der Waals surface area (Å²) >= 11 is 4.29. The second kappa shape index (κ2) is 7.56. The molecule has 0 spiro atoms. The van der Waals surface area contributed by atoms with Crippen molar-refractivity contribution in [3.63, 3.8) is 0 Å². The molecule has 0 saturated carbocycles. The van der Waals surface area contributed by atoms with Crippen LogP contribution in [-0.2, 0) is 4.74 Å². The Labute approximate surface area is 120 Å². The van der Waals surface area contributed by atoms with Gasteiger partial charge in [-0.05, 0) is 43.7 Å². The fourth-order valence-corrected chi connectivity index (χ4v) is 2.65. The van der Waals surface area contributed by atoms with E-state index in [1.807, 2.05) is 18.2 Å². The van der Waals surface area contributed by atoms with Crippen LogP contribution in [0.15, 0.2) is 29.2 Å². The maximum absolute atomic E-state index is 11.9. The second-order valence-electron chi connectivity index (χ2n) is 4.97. The number of rotatable bonds is 5. The summed E-state index contributed by atoms with van der Waals surface area (Å²) in [5, 5.41) is 2.96. The molecule has 1 saturated heterocycles. The number of carbonyl (C=O) groups is 1. The van der Waals surface area contributed by atoms with Gasteiger partial charge in [-0.15, -0.1) is 12.6 Å². The summed E-state index contributed by atoms with van der Waals surface area (Å²) in [6, 6.07) is 7.37. The number of thiol groups is 1. The Morgan fingerprint density at radius 1 is 1.32 bits per heavy atom. The van der Waals surface area contributed by atoms with E-state index < -0.39 is 0 Å². The molecule has 0 bridgehead atoms. The van der Waals surface area contributed by atoms with E-state index in [0.717, 1.165) is 49.8 Å². The average molecular weight is 279 g/mol. The first-order valence-corrected chi connectivity index (χ1v) is 7.36. The Bertz CT molecular complexity index is 416. The number of carbonyl (C=O) groups excluding carboxylic acids is 1. The van der Waals surface area contributed by atoms with Crippen molar-refractivity contribution in [3.8, 4) is 0 Å². The van der Waals surface area contributed by atoms with E-state index in [4.69, 9.17) is 4.74 Å². The van der Waals surface area contributed by atoms with Crippen molar-refractivity contribution < 1.29 is 9.53 Å². The molecule has 0 atom stereocenters. The SMILES string of the molecule is O=C(NCCCC1CCOCC1)c1ccccc1S. The maximum Gasteiger partial charge on any atom is 0.252 e. The molecule has 1 fully saturated rings. The number of nitrogens with one attached hydrogen (secondary N) is 1. The van der Waals surface area contributed by atoms with Gasteiger partial charge in [0.25, 0.3) is 5.91 Å². The van der Waals surface area contributed by atoms with Crippen LogP contribution in [-0.4, -0.2) is 25.7 Å². The van der Waals surface area contributed by atoms with Crippen molar-refractivity contribution in [2.24, 2.45) is 5.92 Å². The summed E-state index contributed by atoms with van der Waals surface area (Å²) in [4.78, 5) is 12.7. The third-order valence-corrected chi connectivity index (χ3v) is 3.95. The molecule has 104 valence electrons. The van der Waals surface area contributed by atoms with E-state index in [-0.39, 0.29) is 5.91 Å². The van der Waals surface area contributed by atoms with Gasteiger partial charge in [-0.1, -0.05) is 12.1 Å². The van der Waals surface area contributed by atoms with Crippen molar-refractivity contribution in [2.75, 3.05) is 19.8 Å². The molecule has 0 aromatic heterocycles. The van der Waals surface area contributed by atoms with Crippen LogP contribution in [0.5, 0.6) is 0 Å². The molecule has 2 rings (SSSR count). The molecule has 1 heterocycles. The van der Waals surface area contributed by atoms with Gasteiger partial charge in [0.15, 0.2) is 0 Å². The van der Waals surface area contributed by atoms with Crippen LogP contribution >= 0.6 is 12.6 Å². The Hall–Kier alpha value is -1.00. The molecule has 1 N–H and O–H groups in total.